The van der Waals surface area contributed by atoms with E-state index in [-0.39, 0.29) is 11.8 Å². The molecule has 1 aliphatic rings. The first-order valence-corrected chi connectivity index (χ1v) is 9.30. The number of piperidine rings is 1. The van der Waals surface area contributed by atoms with Crippen molar-refractivity contribution >= 4 is 39.1 Å². The third-order valence-electron chi connectivity index (χ3n) is 4.26. The average Bonchev–Trinajstić information content (AvgIpc) is 2.55. The summed E-state index contributed by atoms with van der Waals surface area (Å²) in [5.41, 5.74) is 2.02. The first kappa shape index (κ1) is 17.5. The largest absolute Gasteiger partial charge is 0.326 e. The number of hydrogen-bond donors (Lipinski definition) is 1. The molecule has 1 atom stereocenters. The van der Waals surface area contributed by atoms with Crippen LogP contribution in [0, 0.1) is 5.92 Å². The van der Waals surface area contributed by atoms with Crippen molar-refractivity contribution in [3.63, 3.8) is 0 Å². The molecule has 1 unspecified atom stereocenters. The Bertz CT molecular complexity index is 722. The van der Waals surface area contributed by atoms with Gasteiger partial charge in [-0.1, -0.05) is 45.7 Å². The molecule has 0 aromatic heterocycles. The van der Waals surface area contributed by atoms with Gasteiger partial charge in [-0.05, 0) is 55.3 Å². The fraction of sp³-hybridized carbons (Fsp3) is 0.316. The van der Waals surface area contributed by atoms with E-state index in [1.54, 1.807) is 12.1 Å². The molecule has 3 rings (SSSR count). The maximum Gasteiger partial charge on any atom is 0.228 e. The van der Waals surface area contributed by atoms with Crippen LogP contribution in [0.5, 0.6) is 0 Å². The smallest absolute Gasteiger partial charge is 0.228 e. The highest BCUT2D eigenvalue weighted by atomic mass is 79.9. The molecule has 0 saturated carbocycles. The molecule has 0 bridgehead atoms. The van der Waals surface area contributed by atoms with Gasteiger partial charge in [0.1, 0.15) is 0 Å². The highest BCUT2D eigenvalue weighted by Gasteiger charge is 2.25. The van der Waals surface area contributed by atoms with Crippen LogP contribution >= 0.6 is 27.5 Å². The van der Waals surface area contributed by atoms with E-state index < -0.39 is 0 Å². The van der Waals surface area contributed by atoms with Gasteiger partial charge in [0, 0.05) is 28.3 Å². The number of likely N-dealkylation sites (tertiary alicyclic amines) is 1. The maximum atomic E-state index is 12.5. The number of carbonyl (C=O) groups excluding carboxylic acids is 1. The molecule has 1 amide bonds. The Morgan fingerprint density at radius 2 is 2.08 bits per heavy atom. The van der Waals surface area contributed by atoms with Crippen molar-refractivity contribution in [3.8, 4) is 0 Å². The molecule has 24 heavy (non-hydrogen) atoms. The molecule has 1 aliphatic heterocycles. The molecule has 1 N–H and O–H groups in total. The summed E-state index contributed by atoms with van der Waals surface area (Å²) in [7, 11) is 0. The molecule has 1 fully saturated rings. The summed E-state index contributed by atoms with van der Waals surface area (Å²) in [6.07, 6.45) is 1.98. The Kier molecular flexibility index (Phi) is 5.93. The third-order valence-corrected chi connectivity index (χ3v) is 4.99. The number of carbonyl (C=O) groups is 1. The van der Waals surface area contributed by atoms with E-state index in [0.717, 1.165) is 42.6 Å². The first-order chi connectivity index (χ1) is 11.6. The summed E-state index contributed by atoms with van der Waals surface area (Å²) in [5, 5.41) is 3.62. The number of benzene rings is 2. The zero-order valence-corrected chi connectivity index (χ0v) is 15.7. The van der Waals surface area contributed by atoms with Gasteiger partial charge in [-0.15, -0.1) is 0 Å². The summed E-state index contributed by atoms with van der Waals surface area (Å²) in [4.78, 5) is 14.9. The van der Waals surface area contributed by atoms with Crippen molar-refractivity contribution in [1.29, 1.82) is 0 Å². The first-order valence-electron chi connectivity index (χ1n) is 8.13. The molecule has 2 aromatic carbocycles. The normalized spacial score (nSPS) is 18.3. The predicted molar refractivity (Wildman–Crippen MR) is 102 cm³/mol. The van der Waals surface area contributed by atoms with Crippen LogP contribution in [-0.2, 0) is 11.3 Å². The minimum atomic E-state index is 0.0184. The topological polar surface area (TPSA) is 32.3 Å². The molecule has 2 aromatic rings. The number of hydrogen-bond acceptors (Lipinski definition) is 2. The number of rotatable bonds is 4. The van der Waals surface area contributed by atoms with Gasteiger partial charge in [0.25, 0.3) is 0 Å². The van der Waals surface area contributed by atoms with Crippen LogP contribution in [0.25, 0.3) is 0 Å². The average molecular weight is 408 g/mol. The SMILES string of the molecule is O=C(Nc1cccc(Cl)c1)C1CCCN(Cc2cccc(Br)c2)C1. The van der Waals surface area contributed by atoms with E-state index in [0.29, 0.717) is 5.02 Å². The minimum Gasteiger partial charge on any atom is -0.326 e. The summed E-state index contributed by atoms with van der Waals surface area (Å²) < 4.78 is 1.09. The highest BCUT2D eigenvalue weighted by Crippen LogP contribution is 2.22. The molecule has 126 valence electrons. The Morgan fingerprint density at radius 1 is 1.25 bits per heavy atom. The third kappa shape index (κ3) is 4.82. The Labute approximate surface area is 156 Å². The zero-order valence-electron chi connectivity index (χ0n) is 13.3. The van der Waals surface area contributed by atoms with E-state index >= 15 is 0 Å². The molecule has 1 heterocycles. The van der Waals surface area contributed by atoms with Gasteiger partial charge < -0.3 is 5.32 Å². The van der Waals surface area contributed by atoms with Gasteiger partial charge in [-0.3, -0.25) is 9.69 Å². The van der Waals surface area contributed by atoms with Gasteiger partial charge in [0.05, 0.1) is 5.92 Å². The molecule has 5 heteroatoms. The zero-order chi connectivity index (χ0) is 16.9. The summed E-state index contributed by atoms with van der Waals surface area (Å²) in [6.45, 7) is 2.70. The van der Waals surface area contributed by atoms with Gasteiger partial charge in [-0.25, -0.2) is 0 Å². The van der Waals surface area contributed by atoms with E-state index in [9.17, 15) is 4.79 Å². The predicted octanol–water partition coefficient (Wildman–Crippen LogP) is 4.95. The van der Waals surface area contributed by atoms with Gasteiger partial charge in [-0.2, -0.15) is 0 Å². The summed E-state index contributed by atoms with van der Waals surface area (Å²) in [6, 6.07) is 15.6. The summed E-state index contributed by atoms with van der Waals surface area (Å²) >= 11 is 9.49. The summed E-state index contributed by atoms with van der Waals surface area (Å²) in [5.74, 6) is 0.0982. The van der Waals surface area contributed by atoms with Gasteiger partial charge >= 0.3 is 0 Å². The lowest BCUT2D eigenvalue weighted by Gasteiger charge is -2.32. The second-order valence-corrected chi connectivity index (χ2v) is 7.56. The number of anilines is 1. The van der Waals surface area contributed by atoms with E-state index in [1.807, 2.05) is 24.3 Å². The molecule has 1 saturated heterocycles. The van der Waals surface area contributed by atoms with Crippen LogP contribution in [0.3, 0.4) is 0 Å². The monoisotopic (exact) mass is 406 g/mol. The lowest BCUT2D eigenvalue weighted by molar-refractivity contribution is -0.121. The van der Waals surface area contributed by atoms with E-state index in [4.69, 9.17) is 11.6 Å². The minimum absolute atomic E-state index is 0.0184. The van der Waals surface area contributed by atoms with Crippen molar-refractivity contribution in [3.05, 3.63) is 63.6 Å². The number of amides is 1. The Hall–Kier alpha value is -1.36. The van der Waals surface area contributed by atoms with Crippen LogP contribution in [0.15, 0.2) is 53.0 Å². The molecular formula is C19H20BrClN2O. The highest BCUT2D eigenvalue weighted by molar-refractivity contribution is 9.10. The molecular weight excluding hydrogens is 388 g/mol. The lowest BCUT2D eigenvalue weighted by atomic mass is 9.96. The molecule has 0 spiro atoms. The fourth-order valence-electron chi connectivity index (χ4n) is 3.12. The molecule has 0 aliphatic carbocycles. The Balaban J connectivity index is 1.59. The second-order valence-electron chi connectivity index (χ2n) is 6.20. The fourth-order valence-corrected chi connectivity index (χ4v) is 3.75. The number of nitrogens with zero attached hydrogens (tertiary/aromatic N) is 1. The van der Waals surface area contributed by atoms with Gasteiger partial charge in [0.2, 0.25) is 5.91 Å². The quantitative estimate of drug-likeness (QED) is 0.777. The van der Waals surface area contributed by atoms with Crippen molar-refractivity contribution in [2.24, 2.45) is 5.92 Å². The van der Waals surface area contributed by atoms with Crippen molar-refractivity contribution in [1.82, 2.24) is 4.90 Å². The van der Waals surface area contributed by atoms with Crippen molar-refractivity contribution in [2.45, 2.75) is 19.4 Å². The molecule has 0 radical (unpaired) electrons. The van der Waals surface area contributed by atoms with Crippen LogP contribution in [0.1, 0.15) is 18.4 Å². The van der Waals surface area contributed by atoms with Crippen LogP contribution < -0.4 is 5.32 Å². The van der Waals surface area contributed by atoms with E-state index in [2.05, 4.69) is 38.3 Å². The van der Waals surface area contributed by atoms with Crippen molar-refractivity contribution in [2.75, 3.05) is 18.4 Å². The van der Waals surface area contributed by atoms with Crippen LogP contribution in [0.2, 0.25) is 5.02 Å². The number of halogens is 2. The maximum absolute atomic E-state index is 12.5. The van der Waals surface area contributed by atoms with E-state index in [1.165, 1.54) is 5.56 Å². The Morgan fingerprint density at radius 3 is 2.88 bits per heavy atom. The second kappa shape index (κ2) is 8.15. The van der Waals surface area contributed by atoms with Crippen LogP contribution in [0.4, 0.5) is 5.69 Å². The number of nitrogens with one attached hydrogen (secondary N) is 1. The van der Waals surface area contributed by atoms with Gasteiger partial charge in [0.15, 0.2) is 0 Å². The molecule has 3 nitrogen and oxygen atoms in total. The van der Waals surface area contributed by atoms with Crippen molar-refractivity contribution < 1.29 is 4.79 Å². The standard InChI is InChI=1S/C19H20BrClN2O/c20-16-6-1-4-14(10-16)12-23-9-3-5-15(13-23)19(24)22-18-8-2-7-17(21)11-18/h1-2,4,6-8,10-11,15H,3,5,9,12-13H2,(H,22,24). The van der Waals surface area contributed by atoms with Crippen LogP contribution in [-0.4, -0.2) is 23.9 Å². The lowest BCUT2D eigenvalue weighted by Crippen LogP contribution is -2.40.